The summed E-state index contributed by atoms with van der Waals surface area (Å²) < 4.78 is 5.58. The summed E-state index contributed by atoms with van der Waals surface area (Å²) >= 11 is 0. The van der Waals surface area contributed by atoms with E-state index in [1.54, 1.807) is 19.0 Å². The fourth-order valence-corrected chi connectivity index (χ4v) is 5.44. The van der Waals surface area contributed by atoms with Gasteiger partial charge in [-0.1, -0.05) is 6.42 Å². The summed E-state index contributed by atoms with van der Waals surface area (Å²) in [5, 5.41) is 3.78. The predicted octanol–water partition coefficient (Wildman–Crippen LogP) is 2.33. The number of carbonyl (C=O) groups is 1. The summed E-state index contributed by atoms with van der Waals surface area (Å²) in [7, 11) is 3.60. The summed E-state index contributed by atoms with van der Waals surface area (Å²) in [6.45, 7) is 4.11. The highest BCUT2D eigenvalue weighted by Gasteiger charge is 2.43. The molecule has 2 aliphatic heterocycles. The lowest BCUT2D eigenvalue weighted by atomic mass is 9.80. The van der Waals surface area contributed by atoms with Crippen LogP contribution in [0.5, 0.6) is 0 Å². The highest BCUT2D eigenvalue weighted by atomic mass is 127. The smallest absolute Gasteiger partial charge is 0.243 e. The van der Waals surface area contributed by atoms with E-state index in [-0.39, 0.29) is 36.4 Å². The van der Waals surface area contributed by atoms with Gasteiger partial charge in [0.25, 0.3) is 0 Å². The van der Waals surface area contributed by atoms with Crippen LogP contribution in [0, 0.1) is 17.3 Å². The molecular weight excluding hydrogens is 455 g/mol. The molecule has 154 valence electrons. The number of fused-ring (bicyclic) bond motifs is 2. The first-order chi connectivity index (χ1) is 12.5. The molecule has 0 radical (unpaired) electrons. The van der Waals surface area contributed by atoms with Gasteiger partial charge in [-0.05, 0) is 55.8 Å². The van der Waals surface area contributed by atoms with E-state index < -0.39 is 0 Å². The van der Waals surface area contributed by atoms with Crippen LogP contribution in [-0.2, 0) is 9.53 Å². The number of amides is 1. The van der Waals surface area contributed by atoms with Gasteiger partial charge in [-0.15, -0.1) is 24.0 Å². The van der Waals surface area contributed by atoms with E-state index >= 15 is 0 Å². The average Bonchev–Trinajstić information content (AvgIpc) is 3.35. The lowest BCUT2D eigenvalue weighted by Crippen LogP contribution is -2.48. The topological polar surface area (TPSA) is 57.2 Å². The summed E-state index contributed by atoms with van der Waals surface area (Å²) in [5.41, 5.74) is 0.390. The van der Waals surface area contributed by atoms with Gasteiger partial charge in [0.2, 0.25) is 5.91 Å². The molecule has 0 aromatic carbocycles. The molecule has 0 aromatic heterocycles. The second-order valence-corrected chi connectivity index (χ2v) is 9.14. The highest BCUT2D eigenvalue weighted by Crippen LogP contribution is 2.45. The minimum Gasteiger partial charge on any atom is -0.381 e. The Labute approximate surface area is 180 Å². The minimum absolute atomic E-state index is 0. The van der Waals surface area contributed by atoms with Crippen LogP contribution in [0.2, 0.25) is 0 Å². The number of rotatable bonds is 3. The maximum absolute atomic E-state index is 12.1. The monoisotopic (exact) mass is 490 g/mol. The molecule has 2 saturated heterocycles. The fraction of sp³-hybridized carbons (Fsp3) is 0.900. The Hall–Kier alpha value is -0.570. The van der Waals surface area contributed by atoms with Crippen molar-refractivity contribution in [3.05, 3.63) is 0 Å². The Bertz CT molecular complexity index is 562. The molecule has 1 N–H and O–H groups in total. The van der Waals surface area contributed by atoms with Crippen molar-refractivity contribution in [1.29, 1.82) is 0 Å². The van der Waals surface area contributed by atoms with Crippen molar-refractivity contribution in [1.82, 2.24) is 15.1 Å². The first-order valence-electron chi connectivity index (χ1n) is 10.4. The van der Waals surface area contributed by atoms with Crippen molar-refractivity contribution < 1.29 is 9.53 Å². The molecule has 2 heterocycles. The molecule has 3 unspecified atom stereocenters. The van der Waals surface area contributed by atoms with Gasteiger partial charge in [-0.2, -0.15) is 0 Å². The maximum Gasteiger partial charge on any atom is 0.243 e. The second-order valence-electron chi connectivity index (χ2n) is 9.14. The van der Waals surface area contributed by atoms with Crippen molar-refractivity contribution >= 4 is 35.8 Å². The largest absolute Gasteiger partial charge is 0.381 e. The van der Waals surface area contributed by atoms with E-state index in [1.807, 2.05) is 0 Å². The molecule has 1 spiro atoms. The number of hydrogen-bond acceptors (Lipinski definition) is 3. The lowest BCUT2D eigenvalue weighted by Gasteiger charge is -2.34. The molecule has 4 rings (SSSR count). The number of nitrogens with one attached hydrogen (secondary N) is 1. The van der Waals surface area contributed by atoms with E-state index in [1.165, 1.54) is 32.1 Å². The number of likely N-dealkylation sites (N-methyl/N-ethyl adjacent to an activating group) is 1. The third-order valence-corrected chi connectivity index (χ3v) is 7.21. The fourth-order valence-electron chi connectivity index (χ4n) is 5.44. The number of ether oxygens (including phenoxy) is 1. The van der Waals surface area contributed by atoms with Crippen molar-refractivity contribution in [2.75, 3.05) is 46.9 Å². The Kier molecular flexibility index (Phi) is 6.93. The summed E-state index contributed by atoms with van der Waals surface area (Å²) in [6.07, 6.45) is 8.94. The number of guanidine groups is 1. The molecule has 4 fully saturated rings. The zero-order valence-corrected chi connectivity index (χ0v) is 19.1. The molecule has 6 nitrogen and oxygen atoms in total. The molecule has 2 saturated carbocycles. The van der Waals surface area contributed by atoms with Gasteiger partial charge in [0.1, 0.15) is 6.54 Å². The normalized spacial score (nSPS) is 31.9. The first-order valence-corrected chi connectivity index (χ1v) is 10.4. The van der Waals surface area contributed by atoms with Crippen molar-refractivity contribution in [3.63, 3.8) is 0 Å². The molecule has 2 aliphatic carbocycles. The Morgan fingerprint density at radius 3 is 2.63 bits per heavy atom. The van der Waals surface area contributed by atoms with E-state index in [0.717, 1.165) is 56.9 Å². The Morgan fingerprint density at radius 1 is 1.22 bits per heavy atom. The molecule has 7 heteroatoms. The van der Waals surface area contributed by atoms with E-state index in [2.05, 4.69) is 10.2 Å². The number of likely N-dealkylation sites (tertiary alicyclic amines) is 1. The molecule has 0 aromatic rings. The van der Waals surface area contributed by atoms with Gasteiger partial charge in [-0.25, -0.2) is 4.99 Å². The van der Waals surface area contributed by atoms with Crippen LogP contribution in [0.3, 0.4) is 0 Å². The van der Waals surface area contributed by atoms with Crippen molar-refractivity contribution in [2.45, 2.75) is 51.0 Å². The Morgan fingerprint density at radius 2 is 2.00 bits per heavy atom. The van der Waals surface area contributed by atoms with Crippen LogP contribution in [0.1, 0.15) is 44.9 Å². The quantitative estimate of drug-likeness (QED) is 0.375. The Balaban J connectivity index is 0.00000210. The zero-order chi connectivity index (χ0) is 18.1. The molecule has 3 atom stereocenters. The van der Waals surface area contributed by atoms with Gasteiger partial charge >= 0.3 is 0 Å². The van der Waals surface area contributed by atoms with Crippen LogP contribution in [-0.4, -0.2) is 74.7 Å². The van der Waals surface area contributed by atoms with Crippen LogP contribution >= 0.6 is 24.0 Å². The molecule has 27 heavy (non-hydrogen) atoms. The van der Waals surface area contributed by atoms with E-state index in [0.29, 0.717) is 11.5 Å². The lowest BCUT2D eigenvalue weighted by molar-refractivity contribution is -0.127. The van der Waals surface area contributed by atoms with Crippen LogP contribution in [0.25, 0.3) is 0 Å². The highest BCUT2D eigenvalue weighted by molar-refractivity contribution is 14.0. The maximum atomic E-state index is 12.1. The van der Waals surface area contributed by atoms with Crippen LogP contribution in [0.4, 0.5) is 0 Å². The average molecular weight is 490 g/mol. The number of halogens is 1. The number of carbonyl (C=O) groups excluding carboxylic acids is 1. The second kappa shape index (κ2) is 8.84. The van der Waals surface area contributed by atoms with Crippen LogP contribution in [0.15, 0.2) is 4.99 Å². The van der Waals surface area contributed by atoms with Gasteiger partial charge in [0.15, 0.2) is 5.96 Å². The number of hydrogen-bond donors (Lipinski definition) is 1. The third-order valence-electron chi connectivity index (χ3n) is 7.21. The van der Waals surface area contributed by atoms with E-state index in [9.17, 15) is 4.79 Å². The molecule has 1 amide bonds. The molecule has 2 bridgehead atoms. The number of nitrogens with zero attached hydrogens (tertiary/aromatic N) is 3. The standard InChI is InChI=1S/C20H34N4O2.HI/c1-23(2)18(25)13-21-19(22-17-12-15-3-4-16(17)11-15)24-8-5-20(14-24)6-9-26-10-7-20;/h15-17H,3-14H2,1-2H3,(H,21,22);1H. The van der Waals surface area contributed by atoms with Gasteiger partial charge < -0.3 is 19.9 Å². The number of aliphatic imine (C=N–C) groups is 1. The summed E-state index contributed by atoms with van der Waals surface area (Å²) in [5.74, 6) is 2.75. The van der Waals surface area contributed by atoms with Gasteiger partial charge in [0, 0.05) is 46.4 Å². The van der Waals surface area contributed by atoms with Gasteiger partial charge in [-0.3, -0.25) is 4.79 Å². The molecule has 4 aliphatic rings. The molecular formula is C20H35IN4O2. The van der Waals surface area contributed by atoms with Crippen molar-refractivity contribution in [2.24, 2.45) is 22.2 Å². The third kappa shape index (κ3) is 4.71. The predicted molar refractivity (Wildman–Crippen MR) is 117 cm³/mol. The summed E-state index contributed by atoms with van der Waals surface area (Å²) in [4.78, 5) is 20.9. The minimum atomic E-state index is 0. The summed E-state index contributed by atoms with van der Waals surface area (Å²) in [6, 6.07) is 0.549. The zero-order valence-electron chi connectivity index (χ0n) is 16.8. The SMILES string of the molecule is CN(C)C(=O)CN=C(NC1CC2CCC1C2)N1CCC2(CCOCC2)C1.I. The van der Waals surface area contributed by atoms with Crippen LogP contribution < -0.4 is 5.32 Å². The van der Waals surface area contributed by atoms with Crippen molar-refractivity contribution in [3.8, 4) is 0 Å². The van der Waals surface area contributed by atoms with E-state index in [4.69, 9.17) is 9.73 Å². The first kappa shape index (κ1) is 21.1. The van der Waals surface area contributed by atoms with Gasteiger partial charge in [0.05, 0.1) is 0 Å².